The lowest BCUT2D eigenvalue weighted by Gasteiger charge is -2.30. The van der Waals surface area contributed by atoms with E-state index in [-0.39, 0.29) is 18.6 Å². The molecule has 106 valence electrons. The standard InChI is InChI=1S/C13H26N2O3/c1-6-10(4)15(8-3)12(18)14-9-13(5,7-2)11(16)17/h10H,6-9H2,1-5H3,(H,14,18)(H,16,17). The summed E-state index contributed by atoms with van der Waals surface area (Å²) in [6.07, 6.45) is 1.36. The second-order valence-electron chi connectivity index (χ2n) is 4.92. The Kier molecular flexibility index (Phi) is 6.73. The maximum Gasteiger partial charge on any atom is 0.317 e. The summed E-state index contributed by atoms with van der Waals surface area (Å²) in [5.41, 5.74) is -0.898. The third-order valence-corrected chi connectivity index (χ3v) is 3.65. The van der Waals surface area contributed by atoms with Crippen LogP contribution in [0.25, 0.3) is 0 Å². The third kappa shape index (κ3) is 4.20. The summed E-state index contributed by atoms with van der Waals surface area (Å²) in [5.74, 6) is -0.878. The van der Waals surface area contributed by atoms with E-state index in [0.29, 0.717) is 13.0 Å². The van der Waals surface area contributed by atoms with Gasteiger partial charge in [0.25, 0.3) is 0 Å². The number of amides is 2. The average molecular weight is 258 g/mol. The third-order valence-electron chi connectivity index (χ3n) is 3.65. The van der Waals surface area contributed by atoms with E-state index in [1.807, 2.05) is 27.7 Å². The quantitative estimate of drug-likeness (QED) is 0.736. The van der Waals surface area contributed by atoms with Gasteiger partial charge in [-0.2, -0.15) is 0 Å². The summed E-state index contributed by atoms with van der Waals surface area (Å²) in [7, 11) is 0. The molecule has 0 bridgehead atoms. The van der Waals surface area contributed by atoms with Gasteiger partial charge in [-0.05, 0) is 33.6 Å². The molecule has 0 aliphatic heterocycles. The number of aliphatic carboxylic acids is 1. The number of carboxylic acid groups (broad SMARTS) is 1. The number of rotatable bonds is 7. The number of carbonyl (C=O) groups is 2. The van der Waals surface area contributed by atoms with Crippen molar-refractivity contribution in [3.63, 3.8) is 0 Å². The summed E-state index contributed by atoms with van der Waals surface area (Å²) in [4.78, 5) is 24.8. The topological polar surface area (TPSA) is 69.6 Å². The summed E-state index contributed by atoms with van der Waals surface area (Å²) in [6.45, 7) is 10.2. The zero-order valence-electron chi connectivity index (χ0n) is 12.1. The van der Waals surface area contributed by atoms with Crippen LogP contribution in [0.3, 0.4) is 0 Å². The van der Waals surface area contributed by atoms with Gasteiger partial charge in [-0.1, -0.05) is 13.8 Å². The molecular weight excluding hydrogens is 232 g/mol. The highest BCUT2D eigenvalue weighted by molar-refractivity contribution is 5.78. The molecule has 2 atom stereocenters. The molecule has 0 radical (unpaired) electrons. The molecule has 0 heterocycles. The van der Waals surface area contributed by atoms with E-state index < -0.39 is 11.4 Å². The van der Waals surface area contributed by atoms with Gasteiger partial charge >= 0.3 is 12.0 Å². The van der Waals surface area contributed by atoms with E-state index in [9.17, 15) is 9.59 Å². The van der Waals surface area contributed by atoms with E-state index in [4.69, 9.17) is 5.11 Å². The molecule has 5 nitrogen and oxygen atoms in total. The first-order valence-corrected chi connectivity index (χ1v) is 6.60. The van der Waals surface area contributed by atoms with E-state index >= 15 is 0 Å². The number of carboxylic acids is 1. The Bertz CT molecular complexity index is 294. The second kappa shape index (κ2) is 7.24. The lowest BCUT2D eigenvalue weighted by Crippen LogP contribution is -2.49. The predicted molar refractivity (Wildman–Crippen MR) is 71.6 cm³/mol. The fourth-order valence-electron chi connectivity index (χ4n) is 1.60. The van der Waals surface area contributed by atoms with Crippen molar-refractivity contribution in [1.29, 1.82) is 0 Å². The number of hydrogen-bond acceptors (Lipinski definition) is 2. The Morgan fingerprint density at radius 1 is 1.33 bits per heavy atom. The smallest absolute Gasteiger partial charge is 0.317 e. The molecule has 0 saturated carbocycles. The van der Waals surface area contributed by atoms with Crippen molar-refractivity contribution in [2.24, 2.45) is 5.41 Å². The average Bonchev–Trinajstić information content (AvgIpc) is 2.36. The Balaban J connectivity index is 4.52. The number of nitrogens with zero attached hydrogens (tertiary/aromatic N) is 1. The molecule has 0 saturated heterocycles. The molecule has 0 aliphatic carbocycles. The number of nitrogens with one attached hydrogen (secondary N) is 1. The minimum absolute atomic E-state index is 0.157. The fourth-order valence-corrected chi connectivity index (χ4v) is 1.60. The molecular formula is C13H26N2O3. The molecule has 18 heavy (non-hydrogen) atoms. The molecule has 0 aliphatic rings. The van der Waals surface area contributed by atoms with Crippen LogP contribution in [0.1, 0.15) is 47.5 Å². The lowest BCUT2D eigenvalue weighted by molar-refractivity contribution is -0.147. The minimum atomic E-state index is -0.898. The van der Waals surface area contributed by atoms with Crippen molar-refractivity contribution in [1.82, 2.24) is 10.2 Å². The van der Waals surface area contributed by atoms with E-state index in [2.05, 4.69) is 5.32 Å². The number of hydrogen-bond donors (Lipinski definition) is 2. The van der Waals surface area contributed by atoms with Crippen molar-refractivity contribution in [3.05, 3.63) is 0 Å². The fraction of sp³-hybridized carbons (Fsp3) is 0.846. The van der Waals surface area contributed by atoms with Gasteiger partial charge in [-0.15, -0.1) is 0 Å². The number of urea groups is 1. The summed E-state index contributed by atoms with van der Waals surface area (Å²) >= 11 is 0. The van der Waals surface area contributed by atoms with Crippen LogP contribution in [0.4, 0.5) is 4.79 Å². The highest BCUT2D eigenvalue weighted by Crippen LogP contribution is 2.20. The van der Waals surface area contributed by atoms with Gasteiger partial charge in [0, 0.05) is 19.1 Å². The van der Waals surface area contributed by atoms with Crippen LogP contribution in [0.2, 0.25) is 0 Å². The zero-order valence-corrected chi connectivity index (χ0v) is 12.1. The van der Waals surface area contributed by atoms with Gasteiger partial charge in [0.05, 0.1) is 5.41 Å². The monoisotopic (exact) mass is 258 g/mol. The molecule has 0 rings (SSSR count). The molecule has 0 aromatic rings. The summed E-state index contributed by atoms with van der Waals surface area (Å²) in [6, 6.07) is -0.0273. The predicted octanol–water partition coefficient (Wildman–Crippen LogP) is 2.32. The zero-order chi connectivity index (χ0) is 14.3. The first kappa shape index (κ1) is 16.7. The highest BCUT2D eigenvalue weighted by atomic mass is 16.4. The highest BCUT2D eigenvalue weighted by Gasteiger charge is 2.32. The van der Waals surface area contributed by atoms with E-state index in [1.165, 1.54) is 0 Å². The van der Waals surface area contributed by atoms with Crippen LogP contribution in [0.5, 0.6) is 0 Å². The van der Waals surface area contributed by atoms with Crippen LogP contribution in [0.15, 0.2) is 0 Å². The molecule has 0 fully saturated rings. The van der Waals surface area contributed by atoms with Crippen molar-refractivity contribution >= 4 is 12.0 Å². The normalized spacial score (nSPS) is 15.6. The van der Waals surface area contributed by atoms with Gasteiger partial charge in [0.1, 0.15) is 0 Å². The summed E-state index contributed by atoms with van der Waals surface area (Å²) in [5, 5.41) is 11.9. The van der Waals surface area contributed by atoms with Crippen LogP contribution in [-0.4, -0.2) is 41.1 Å². The van der Waals surface area contributed by atoms with Gasteiger partial charge in [0.2, 0.25) is 0 Å². The first-order chi connectivity index (χ1) is 8.32. The van der Waals surface area contributed by atoms with Gasteiger partial charge in [0.15, 0.2) is 0 Å². The second-order valence-corrected chi connectivity index (χ2v) is 4.92. The van der Waals surface area contributed by atoms with Crippen LogP contribution in [-0.2, 0) is 4.79 Å². The molecule has 2 amide bonds. The van der Waals surface area contributed by atoms with Crippen LogP contribution < -0.4 is 5.32 Å². The molecule has 0 aromatic carbocycles. The molecule has 0 aromatic heterocycles. The largest absolute Gasteiger partial charge is 0.481 e. The van der Waals surface area contributed by atoms with Crippen LogP contribution >= 0.6 is 0 Å². The molecule has 0 spiro atoms. The number of carbonyl (C=O) groups excluding carboxylic acids is 1. The van der Waals surface area contributed by atoms with Crippen molar-refractivity contribution < 1.29 is 14.7 Å². The Morgan fingerprint density at radius 3 is 2.22 bits per heavy atom. The Hall–Kier alpha value is -1.26. The molecule has 2 N–H and O–H groups in total. The lowest BCUT2D eigenvalue weighted by atomic mass is 9.88. The molecule has 2 unspecified atom stereocenters. The van der Waals surface area contributed by atoms with Crippen LogP contribution in [0, 0.1) is 5.41 Å². The van der Waals surface area contributed by atoms with Crippen molar-refractivity contribution in [3.8, 4) is 0 Å². The van der Waals surface area contributed by atoms with E-state index in [1.54, 1.807) is 11.8 Å². The van der Waals surface area contributed by atoms with Gasteiger partial charge in [-0.3, -0.25) is 4.79 Å². The molecule has 5 heteroatoms. The van der Waals surface area contributed by atoms with Gasteiger partial charge in [-0.25, -0.2) is 4.79 Å². The van der Waals surface area contributed by atoms with Crippen molar-refractivity contribution in [2.75, 3.05) is 13.1 Å². The maximum absolute atomic E-state index is 12.0. The SMILES string of the molecule is CCC(C)N(CC)C(=O)NCC(C)(CC)C(=O)O. The Labute approximate surface area is 110 Å². The maximum atomic E-state index is 12.0. The van der Waals surface area contributed by atoms with Crippen molar-refractivity contribution in [2.45, 2.75) is 53.5 Å². The summed E-state index contributed by atoms with van der Waals surface area (Å²) < 4.78 is 0. The van der Waals surface area contributed by atoms with E-state index in [0.717, 1.165) is 6.42 Å². The van der Waals surface area contributed by atoms with Gasteiger partial charge < -0.3 is 15.3 Å². The minimum Gasteiger partial charge on any atom is -0.481 e. The first-order valence-electron chi connectivity index (χ1n) is 6.60. The Morgan fingerprint density at radius 2 is 1.89 bits per heavy atom.